The van der Waals surface area contributed by atoms with E-state index >= 15 is 17.6 Å². The summed E-state index contributed by atoms with van der Waals surface area (Å²) in [5, 5.41) is 8.01. The molecule has 8 heteroatoms. The van der Waals surface area contributed by atoms with Gasteiger partial charge in [0.2, 0.25) is 0 Å². The Morgan fingerprint density at radius 3 is 1.06 bits per heavy atom. The second-order valence-corrected chi connectivity index (χ2v) is 29.3. The molecule has 0 atom stereocenters. The second kappa shape index (κ2) is 16.5. The number of benzene rings is 10. The van der Waals surface area contributed by atoms with Crippen LogP contribution in [-0.4, -0.2) is 16.1 Å². The number of hydrogen-bond acceptors (Lipinski definition) is 2. The van der Waals surface area contributed by atoms with Crippen molar-refractivity contribution in [3.63, 3.8) is 0 Å². The SMILES string of the molecule is C[Si](C)(C)c1ccc(N(c2c(F)cc(F)cc2-c2ccccc2)c2ccc3ccc4c(N(c5ccc([Si](C)(C)C)cc5)c5c(F)cc(F)cc5-c5ccccc5)ccc5ccc2c3c54)cc1. The molecule has 0 aliphatic heterocycles. The first kappa shape index (κ1) is 42.9. The van der Waals surface area contributed by atoms with Gasteiger partial charge in [0.25, 0.3) is 0 Å². The fourth-order valence-electron chi connectivity index (χ4n) is 9.42. The van der Waals surface area contributed by atoms with Crippen molar-refractivity contribution >= 4 is 93.0 Å². The molecule has 0 N–H and O–H groups in total. The Hall–Kier alpha value is -7.01. The maximum atomic E-state index is 16.9. The van der Waals surface area contributed by atoms with Gasteiger partial charge in [-0.25, -0.2) is 17.6 Å². The number of nitrogens with zero attached hydrogens (tertiary/aromatic N) is 2. The lowest BCUT2D eigenvalue weighted by Gasteiger charge is -2.32. The van der Waals surface area contributed by atoms with Gasteiger partial charge < -0.3 is 9.80 Å². The molecule has 326 valence electrons. The molecule has 0 fully saturated rings. The van der Waals surface area contributed by atoms with Gasteiger partial charge in [0.15, 0.2) is 11.6 Å². The second-order valence-electron chi connectivity index (χ2n) is 19.2. The first-order valence-corrected chi connectivity index (χ1v) is 29.3. The van der Waals surface area contributed by atoms with Crippen LogP contribution >= 0.6 is 0 Å². The summed E-state index contributed by atoms with van der Waals surface area (Å²) in [6, 6.07) is 56.5. The predicted octanol–water partition coefficient (Wildman–Crippen LogP) is 16.5. The van der Waals surface area contributed by atoms with Crippen molar-refractivity contribution in [1.29, 1.82) is 0 Å². The Morgan fingerprint density at radius 1 is 0.364 bits per heavy atom. The molecular weight excluding hydrogens is 857 g/mol. The van der Waals surface area contributed by atoms with Gasteiger partial charge in [0.1, 0.15) is 11.6 Å². The van der Waals surface area contributed by atoms with Gasteiger partial charge in [0, 0.05) is 45.4 Å². The van der Waals surface area contributed by atoms with Gasteiger partial charge in [-0.1, -0.05) is 171 Å². The maximum absolute atomic E-state index is 16.9. The molecule has 0 aliphatic carbocycles. The van der Waals surface area contributed by atoms with Crippen LogP contribution < -0.4 is 20.2 Å². The monoisotopic (exact) mass is 904 g/mol. The molecule has 0 radical (unpaired) electrons. The van der Waals surface area contributed by atoms with Crippen LogP contribution in [0.1, 0.15) is 0 Å². The van der Waals surface area contributed by atoms with Gasteiger partial charge in [-0.15, -0.1) is 0 Å². The highest BCUT2D eigenvalue weighted by Crippen LogP contribution is 2.51. The lowest BCUT2D eigenvalue weighted by Crippen LogP contribution is -2.37. The first-order chi connectivity index (χ1) is 31.7. The zero-order valence-corrected chi connectivity index (χ0v) is 39.7. The summed E-state index contributed by atoms with van der Waals surface area (Å²) in [5.41, 5.74) is 5.52. The lowest BCUT2D eigenvalue weighted by molar-refractivity contribution is 0.584. The fourth-order valence-corrected chi connectivity index (χ4v) is 11.8. The molecule has 0 amide bonds. The minimum Gasteiger partial charge on any atom is -0.307 e. The Morgan fingerprint density at radius 2 is 0.712 bits per heavy atom. The molecule has 0 aliphatic rings. The molecule has 0 spiro atoms. The van der Waals surface area contributed by atoms with Crippen LogP contribution in [0.3, 0.4) is 0 Å². The smallest absolute Gasteiger partial charge is 0.150 e. The molecule has 0 heterocycles. The van der Waals surface area contributed by atoms with E-state index in [1.165, 1.54) is 22.5 Å². The summed E-state index contributed by atoms with van der Waals surface area (Å²) >= 11 is 0. The highest BCUT2D eigenvalue weighted by atomic mass is 28.3. The number of hydrogen-bond donors (Lipinski definition) is 0. The number of anilines is 6. The summed E-state index contributed by atoms with van der Waals surface area (Å²) in [4.78, 5) is 3.84. The van der Waals surface area contributed by atoms with Crippen molar-refractivity contribution in [2.45, 2.75) is 39.3 Å². The highest BCUT2D eigenvalue weighted by Gasteiger charge is 2.29. The molecule has 0 saturated heterocycles. The zero-order valence-electron chi connectivity index (χ0n) is 37.7. The summed E-state index contributed by atoms with van der Waals surface area (Å²) in [6.07, 6.45) is 0. The zero-order chi connectivity index (χ0) is 46.1. The van der Waals surface area contributed by atoms with E-state index < -0.39 is 39.4 Å². The van der Waals surface area contributed by atoms with E-state index in [1.54, 1.807) is 0 Å². The van der Waals surface area contributed by atoms with Crippen LogP contribution in [0.25, 0.3) is 54.6 Å². The summed E-state index contributed by atoms with van der Waals surface area (Å²) in [6.45, 7) is 13.7. The minimum atomic E-state index is -1.71. The Labute approximate surface area is 385 Å². The quantitative estimate of drug-likeness (QED) is 0.0766. The van der Waals surface area contributed by atoms with Crippen molar-refractivity contribution in [2.75, 3.05) is 9.80 Å². The van der Waals surface area contributed by atoms with Gasteiger partial charge in [-0.3, -0.25) is 0 Å². The van der Waals surface area contributed by atoms with E-state index in [0.717, 1.165) is 55.8 Å². The van der Waals surface area contributed by atoms with Crippen molar-refractivity contribution < 1.29 is 17.6 Å². The predicted molar refractivity (Wildman–Crippen MR) is 276 cm³/mol. The fraction of sp³-hybridized carbons (Fsp3) is 0.103. The molecule has 0 unspecified atom stereocenters. The molecule has 10 aromatic rings. The van der Waals surface area contributed by atoms with E-state index in [-0.39, 0.29) is 11.4 Å². The first-order valence-electron chi connectivity index (χ1n) is 22.3. The van der Waals surface area contributed by atoms with Crippen LogP contribution in [0, 0.1) is 23.3 Å². The Bertz CT molecular complexity index is 3190. The Kier molecular flexibility index (Phi) is 10.7. The normalized spacial score (nSPS) is 12.1. The van der Waals surface area contributed by atoms with E-state index in [1.807, 2.05) is 107 Å². The lowest BCUT2D eigenvalue weighted by atomic mass is 9.91. The van der Waals surface area contributed by atoms with Crippen molar-refractivity contribution in [3.8, 4) is 22.3 Å². The standard InChI is InChI=1S/C58H48F4N2Si2/c1-65(2,3)45-25-21-43(22-26-45)63(57-49(33-41(59)35-51(57)61)37-13-9-7-10-14-37)53-31-19-39-18-30-48-54(32-20-40-17-29-47(53)55(39)56(40)48)64(44-23-27-46(28-24-44)66(4,5)6)58-50(34-42(60)36-52(58)62)38-15-11-8-12-16-38/h7-36H,1-6H3. The molecule has 10 aromatic carbocycles. The Balaban J connectivity index is 1.26. The third-order valence-electron chi connectivity index (χ3n) is 12.8. The topological polar surface area (TPSA) is 6.48 Å². The molecular formula is C58H48F4N2Si2. The molecule has 66 heavy (non-hydrogen) atoms. The van der Waals surface area contributed by atoms with Gasteiger partial charge in [-0.2, -0.15) is 0 Å². The maximum Gasteiger partial charge on any atom is 0.150 e. The summed E-state index contributed by atoms with van der Waals surface area (Å²) in [7, 11) is -3.42. The van der Waals surface area contributed by atoms with Crippen LogP contribution in [0.5, 0.6) is 0 Å². The van der Waals surface area contributed by atoms with Crippen molar-refractivity contribution in [1.82, 2.24) is 0 Å². The molecule has 2 nitrogen and oxygen atoms in total. The van der Waals surface area contributed by atoms with E-state index in [4.69, 9.17) is 0 Å². The third kappa shape index (κ3) is 7.63. The molecule has 0 saturated carbocycles. The minimum absolute atomic E-state index is 0.229. The van der Waals surface area contributed by atoms with Crippen LogP contribution in [-0.2, 0) is 0 Å². The number of halogens is 4. The van der Waals surface area contributed by atoms with Crippen LogP contribution in [0.4, 0.5) is 51.7 Å². The van der Waals surface area contributed by atoms with Gasteiger partial charge in [0.05, 0.1) is 38.9 Å². The highest BCUT2D eigenvalue weighted by molar-refractivity contribution is 6.89. The van der Waals surface area contributed by atoms with Gasteiger partial charge in [-0.05, 0) is 81.2 Å². The summed E-state index contributed by atoms with van der Waals surface area (Å²) in [5.74, 6) is -2.72. The molecule has 10 rings (SSSR count). The largest absolute Gasteiger partial charge is 0.307 e. The van der Waals surface area contributed by atoms with Crippen LogP contribution in [0.2, 0.25) is 39.3 Å². The summed E-state index contributed by atoms with van der Waals surface area (Å²) < 4.78 is 64.6. The van der Waals surface area contributed by atoms with E-state index in [9.17, 15) is 0 Å². The van der Waals surface area contributed by atoms with Crippen LogP contribution in [0.15, 0.2) is 182 Å². The average Bonchev–Trinajstić information content (AvgIpc) is 3.30. The molecule has 0 bridgehead atoms. The van der Waals surface area contributed by atoms with Crippen molar-refractivity contribution in [3.05, 3.63) is 205 Å². The average molecular weight is 905 g/mol. The number of rotatable bonds is 10. The van der Waals surface area contributed by atoms with Crippen molar-refractivity contribution in [2.24, 2.45) is 0 Å². The molecule has 0 aromatic heterocycles. The van der Waals surface area contributed by atoms with E-state index in [0.29, 0.717) is 33.6 Å². The van der Waals surface area contributed by atoms with Gasteiger partial charge >= 0.3 is 0 Å². The third-order valence-corrected chi connectivity index (χ3v) is 16.9. The van der Waals surface area contributed by atoms with E-state index in [2.05, 4.69) is 99.9 Å².